The SMILES string of the molecule is Cc1cc2c3ccc4c5ccccc5oc4c3n3c2c(c1)c1ccc2c4ccccc4oc2c13. The van der Waals surface area contributed by atoms with Gasteiger partial charge in [0.1, 0.15) is 11.2 Å². The first kappa shape index (κ1) is 17.0. The van der Waals surface area contributed by atoms with Gasteiger partial charge in [-0.2, -0.15) is 0 Å². The molecule has 0 bridgehead atoms. The number of para-hydroxylation sites is 2. The average Bonchev–Trinajstić information content (AvgIpc) is 3.59. The van der Waals surface area contributed by atoms with Crippen molar-refractivity contribution in [3.05, 3.63) is 90.5 Å². The monoisotopic (exact) mass is 435 g/mol. The summed E-state index contributed by atoms with van der Waals surface area (Å²) in [6, 6.07) is 30.1. The van der Waals surface area contributed by atoms with Crippen LogP contribution in [-0.2, 0) is 0 Å². The summed E-state index contributed by atoms with van der Waals surface area (Å²) in [7, 11) is 0. The zero-order chi connectivity index (χ0) is 22.1. The van der Waals surface area contributed by atoms with E-state index in [0.29, 0.717) is 0 Å². The van der Waals surface area contributed by atoms with Gasteiger partial charge in [0, 0.05) is 43.1 Å². The lowest BCUT2D eigenvalue weighted by Crippen LogP contribution is -1.82. The third kappa shape index (κ3) is 1.80. The van der Waals surface area contributed by atoms with E-state index in [-0.39, 0.29) is 0 Å². The molecule has 0 N–H and O–H groups in total. The molecule has 0 aliphatic heterocycles. The molecule has 3 heteroatoms. The van der Waals surface area contributed by atoms with Crippen LogP contribution in [0.25, 0.3) is 82.0 Å². The predicted octanol–water partition coefficient (Wildman–Crippen LogP) is 8.94. The maximum Gasteiger partial charge on any atom is 0.160 e. The molecule has 0 radical (unpaired) electrons. The van der Waals surface area contributed by atoms with Gasteiger partial charge in [0.15, 0.2) is 11.2 Å². The molecule has 0 fully saturated rings. The Balaban J connectivity index is 1.67. The largest absolute Gasteiger partial charge is 0.454 e. The van der Waals surface area contributed by atoms with Crippen LogP contribution >= 0.6 is 0 Å². The number of hydrogen-bond acceptors (Lipinski definition) is 2. The molecule has 9 aromatic rings. The molecule has 0 saturated heterocycles. The molecule has 5 aromatic carbocycles. The van der Waals surface area contributed by atoms with Gasteiger partial charge < -0.3 is 13.2 Å². The van der Waals surface area contributed by atoms with Crippen molar-refractivity contribution in [3.8, 4) is 0 Å². The minimum atomic E-state index is 0.916. The number of hydrogen-bond donors (Lipinski definition) is 0. The molecule has 3 nitrogen and oxygen atoms in total. The van der Waals surface area contributed by atoms with Gasteiger partial charge >= 0.3 is 0 Å². The van der Waals surface area contributed by atoms with Crippen LogP contribution in [0.3, 0.4) is 0 Å². The number of fused-ring (bicyclic) bond motifs is 14. The van der Waals surface area contributed by atoms with Crippen molar-refractivity contribution in [1.29, 1.82) is 0 Å². The fourth-order valence-corrected chi connectivity index (χ4v) is 6.19. The highest BCUT2D eigenvalue weighted by Gasteiger charge is 2.24. The zero-order valence-corrected chi connectivity index (χ0v) is 18.3. The first-order valence-electron chi connectivity index (χ1n) is 11.6. The van der Waals surface area contributed by atoms with Gasteiger partial charge in [-0.3, -0.25) is 0 Å². The van der Waals surface area contributed by atoms with E-state index in [0.717, 1.165) is 54.9 Å². The zero-order valence-electron chi connectivity index (χ0n) is 18.3. The van der Waals surface area contributed by atoms with Gasteiger partial charge in [0.2, 0.25) is 0 Å². The molecule has 0 unspecified atom stereocenters. The number of aromatic nitrogens is 1. The topological polar surface area (TPSA) is 30.7 Å². The molecule has 0 saturated carbocycles. The minimum absolute atomic E-state index is 0.916. The molecule has 158 valence electrons. The fraction of sp³-hybridized carbons (Fsp3) is 0.0323. The molecular formula is C31H17NO2. The summed E-state index contributed by atoms with van der Waals surface area (Å²) < 4.78 is 15.4. The smallest absolute Gasteiger partial charge is 0.160 e. The summed E-state index contributed by atoms with van der Waals surface area (Å²) in [5.74, 6) is 0. The Kier molecular flexibility index (Phi) is 2.77. The van der Waals surface area contributed by atoms with Gasteiger partial charge in [-0.25, -0.2) is 0 Å². The summed E-state index contributed by atoms with van der Waals surface area (Å²) >= 11 is 0. The van der Waals surface area contributed by atoms with Crippen LogP contribution in [0.4, 0.5) is 0 Å². The van der Waals surface area contributed by atoms with Gasteiger partial charge in [-0.05, 0) is 48.9 Å². The Morgan fingerprint density at radius 2 is 0.941 bits per heavy atom. The molecule has 0 atom stereocenters. The molecule has 34 heavy (non-hydrogen) atoms. The van der Waals surface area contributed by atoms with Gasteiger partial charge in [0.05, 0.1) is 16.6 Å². The van der Waals surface area contributed by atoms with Crippen molar-refractivity contribution >= 4 is 82.0 Å². The van der Waals surface area contributed by atoms with Crippen LogP contribution < -0.4 is 0 Å². The van der Waals surface area contributed by atoms with Crippen LogP contribution in [0, 0.1) is 6.92 Å². The van der Waals surface area contributed by atoms with Crippen molar-refractivity contribution in [3.63, 3.8) is 0 Å². The lowest BCUT2D eigenvalue weighted by Gasteiger charge is -2.00. The second kappa shape index (κ2) is 5.52. The molecule has 4 heterocycles. The fourth-order valence-electron chi connectivity index (χ4n) is 6.19. The Morgan fingerprint density at radius 3 is 1.47 bits per heavy atom. The highest BCUT2D eigenvalue weighted by molar-refractivity contribution is 6.31. The Hall–Kier alpha value is -4.50. The van der Waals surface area contributed by atoms with Crippen molar-refractivity contribution in [2.45, 2.75) is 6.92 Å². The molecule has 0 aliphatic carbocycles. The summed E-state index contributed by atoms with van der Waals surface area (Å²) in [4.78, 5) is 0. The first-order chi connectivity index (χ1) is 16.8. The van der Waals surface area contributed by atoms with E-state index in [1.54, 1.807) is 0 Å². The summed E-state index contributed by atoms with van der Waals surface area (Å²) in [6.07, 6.45) is 0. The van der Waals surface area contributed by atoms with Crippen LogP contribution in [0.15, 0.2) is 93.8 Å². The second-order valence-electron chi connectivity index (χ2n) is 9.42. The molecular weight excluding hydrogens is 418 g/mol. The van der Waals surface area contributed by atoms with Gasteiger partial charge in [-0.1, -0.05) is 48.5 Å². The van der Waals surface area contributed by atoms with Crippen LogP contribution in [-0.4, -0.2) is 4.40 Å². The molecule has 9 rings (SSSR count). The van der Waals surface area contributed by atoms with E-state index in [1.165, 1.54) is 32.6 Å². The van der Waals surface area contributed by atoms with Crippen molar-refractivity contribution in [2.24, 2.45) is 0 Å². The summed E-state index contributed by atoms with van der Waals surface area (Å²) in [6.45, 7) is 2.18. The molecule has 0 aliphatic rings. The highest BCUT2D eigenvalue weighted by atomic mass is 16.3. The number of aryl methyl sites for hydroxylation is 1. The summed E-state index contributed by atoms with van der Waals surface area (Å²) in [5.41, 5.74) is 8.41. The predicted molar refractivity (Wildman–Crippen MR) is 140 cm³/mol. The second-order valence-corrected chi connectivity index (χ2v) is 9.42. The van der Waals surface area contributed by atoms with Crippen LogP contribution in [0.5, 0.6) is 0 Å². The summed E-state index contributed by atoms with van der Waals surface area (Å²) in [5, 5.41) is 9.52. The van der Waals surface area contributed by atoms with Crippen molar-refractivity contribution in [2.75, 3.05) is 0 Å². The lowest BCUT2D eigenvalue weighted by molar-refractivity contribution is 0.670. The van der Waals surface area contributed by atoms with E-state index in [1.807, 2.05) is 12.1 Å². The standard InChI is InChI=1S/C31H17NO2/c1-16-14-23-19-10-12-21-17-6-2-4-8-25(17)33-30(21)28(19)32-27(23)24(15-16)20-11-13-22-18-7-3-5-9-26(18)34-31(22)29(20)32/h2-15H,1H3. The quantitative estimate of drug-likeness (QED) is 0.238. The van der Waals surface area contributed by atoms with E-state index in [9.17, 15) is 0 Å². The number of rotatable bonds is 0. The Morgan fingerprint density at radius 1 is 0.471 bits per heavy atom. The number of nitrogens with zero attached hydrogens (tertiary/aromatic N) is 1. The highest BCUT2D eigenvalue weighted by Crippen LogP contribution is 2.46. The van der Waals surface area contributed by atoms with Crippen molar-refractivity contribution in [1.82, 2.24) is 4.40 Å². The van der Waals surface area contributed by atoms with E-state index in [2.05, 4.69) is 84.1 Å². The number of furan rings is 2. The minimum Gasteiger partial charge on any atom is -0.454 e. The van der Waals surface area contributed by atoms with Crippen molar-refractivity contribution < 1.29 is 8.83 Å². The van der Waals surface area contributed by atoms with Gasteiger partial charge in [0.25, 0.3) is 0 Å². The van der Waals surface area contributed by atoms with Gasteiger partial charge in [-0.15, -0.1) is 0 Å². The lowest BCUT2D eigenvalue weighted by atomic mass is 10.0. The van der Waals surface area contributed by atoms with Crippen LogP contribution in [0.1, 0.15) is 5.56 Å². The third-order valence-electron chi connectivity index (χ3n) is 7.55. The third-order valence-corrected chi connectivity index (χ3v) is 7.55. The molecule has 0 spiro atoms. The van der Waals surface area contributed by atoms with E-state index in [4.69, 9.17) is 8.83 Å². The Bertz CT molecular complexity index is 2130. The Labute approximate surface area is 192 Å². The normalized spacial score (nSPS) is 12.9. The maximum absolute atomic E-state index is 6.53. The van der Waals surface area contributed by atoms with Crippen LogP contribution in [0.2, 0.25) is 0 Å². The average molecular weight is 435 g/mol. The maximum atomic E-state index is 6.53. The number of benzene rings is 5. The molecule has 4 aromatic heterocycles. The van der Waals surface area contributed by atoms with E-state index < -0.39 is 0 Å². The first-order valence-corrected chi connectivity index (χ1v) is 11.6. The van der Waals surface area contributed by atoms with E-state index >= 15 is 0 Å². The molecule has 0 amide bonds.